The van der Waals surface area contributed by atoms with Gasteiger partial charge in [0, 0.05) is 32.0 Å². The van der Waals surface area contributed by atoms with E-state index >= 15 is 0 Å². The first-order valence-corrected chi connectivity index (χ1v) is 8.62. The molecule has 1 spiro atoms. The Morgan fingerprint density at radius 2 is 1.83 bits per heavy atom. The van der Waals surface area contributed by atoms with E-state index in [0.717, 1.165) is 45.4 Å². The van der Waals surface area contributed by atoms with Gasteiger partial charge in [-0.3, -0.25) is 9.69 Å². The minimum atomic E-state index is -0.214. The summed E-state index contributed by atoms with van der Waals surface area (Å²) in [5, 5.41) is 0. The van der Waals surface area contributed by atoms with Crippen LogP contribution >= 0.6 is 0 Å². The van der Waals surface area contributed by atoms with Crippen molar-refractivity contribution in [2.24, 2.45) is 5.41 Å². The Balaban J connectivity index is 1.38. The van der Waals surface area contributed by atoms with Crippen LogP contribution in [0.2, 0.25) is 0 Å². The van der Waals surface area contributed by atoms with Crippen molar-refractivity contribution in [2.45, 2.75) is 19.3 Å². The van der Waals surface area contributed by atoms with Crippen LogP contribution in [0, 0.1) is 5.41 Å². The largest absolute Gasteiger partial charge is 0.302 e. The van der Waals surface area contributed by atoms with Gasteiger partial charge in [0.2, 0.25) is 11.9 Å². The number of likely N-dealkylation sites (tertiary alicyclic amines) is 1. The van der Waals surface area contributed by atoms with Crippen molar-refractivity contribution in [1.82, 2.24) is 14.9 Å². The summed E-state index contributed by atoms with van der Waals surface area (Å²) in [5.41, 5.74) is 1.14. The first-order valence-electron chi connectivity index (χ1n) is 8.62. The minimum Gasteiger partial charge on any atom is -0.302 e. The van der Waals surface area contributed by atoms with Gasteiger partial charge in [-0.25, -0.2) is 9.97 Å². The molecule has 0 N–H and O–H groups in total. The third-order valence-electron chi connectivity index (χ3n) is 5.17. The molecule has 0 aliphatic carbocycles. The lowest BCUT2D eigenvalue weighted by Gasteiger charge is -2.52. The standard InChI is InChI=1S/C19H22N4O/c24-17-19(15-23(17)18-20-10-5-11-21-18)9-4-12-22(14-19)13-8-16-6-2-1-3-7-16/h1-3,5-7,10-11H,4,8-9,12-15H2/t19-/m1/s1. The van der Waals surface area contributed by atoms with Gasteiger partial charge in [0.1, 0.15) is 0 Å². The molecule has 2 aliphatic rings. The van der Waals surface area contributed by atoms with Crippen LogP contribution in [0.15, 0.2) is 48.8 Å². The number of anilines is 1. The molecule has 1 aromatic carbocycles. The third-order valence-corrected chi connectivity index (χ3v) is 5.17. The van der Waals surface area contributed by atoms with E-state index in [1.54, 1.807) is 23.4 Å². The molecular formula is C19H22N4O. The summed E-state index contributed by atoms with van der Waals surface area (Å²) in [6.07, 6.45) is 6.49. The molecule has 124 valence electrons. The summed E-state index contributed by atoms with van der Waals surface area (Å²) in [4.78, 5) is 25.4. The van der Waals surface area contributed by atoms with Crippen LogP contribution in [-0.2, 0) is 11.2 Å². The molecule has 2 aromatic rings. The van der Waals surface area contributed by atoms with Crippen molar-refractivity contribution in [3.8, 4) is 0 Å². The molecule has 1 amide bonds. The summed E-state index contributed by atoms with van der Waals surface area (Å²) in [7, 11) is 0. The second-order valence-corrected chi connectivity index (χ2v) is 6.84. The molecule has 0 radical (unpaired) electrons. The smallest absolute Gasteiger partial charge is 0.238 e. The zero-order valence-electron chi connectivity index (χ0n) is 13.8. The molecule has 0 bridgehead atoms. The monoisotopic (exact) mass is 322 g/mol. The molecule has 2 fully saturated rings. The number of nitrogens with zero attached hydrogens (tertiary/aromatic N) is 4. The van der Waals surface area contributed by atoms with Crippen molar-refractivity contribution < 1.29 is 4.79 Å². The lowest BCUT2D eigenvalue weighted by Crippen LogP contribution is -2.67. The summed E-state index contributed by atoms with van der Waals surface area (Å²) in [5.74, 6) is 0.729. The number of hydrogen-bond donors (Lipinski definition) is 0. The second-order valence-electron chi connectivity index (χ2n) is 6.84. The Hall–Kier alpha value is -2.27. The van der Waals surface area contributed by atoms with E-state index in [1.807, 2.05) is 6.07 Å². The van der Waals surface area contributed by atoms with Gasteiger partial charge >= 0.3 is 0 Å². The van der Waals surface area contributed by atoms with E-state index in [2.05, 4.69) is 39.1 Å². The fourth-order valence-electron chi connectivity index (χ4n) is 3.88. The first-order chi connectivity index (χ1) is 11.8. The highest BCUT2D eigenvalue weighted by Gasteiger charge is 2.54. The topological polar surface area (TPSA) is 49.3 Å². The molecule has 0 unspecified atom stereocenters. The number of rotatable bonds is 4. The number of carbonyl (C=O) groups is 1. The van der Waals surface area contributed by atoms with Crippen LogP contribution in [0.25, 0.3) is 0 Å². The van der Waals surface area contributed by atoms with E-state index in [1.165, 1.54) is 5.56 Å². The van der Waals surface area contributed by atoms with Crippen LogP contribution in [0.5, 0.6) is 0 Å². The predicted molar refractivity (Wildman–Crippen MR) is 92.6 cm³/mol. The van der Waals surface area contributed by atoms with Gasteiger partial charge in [-0.15, -0.1) is 0 Å². The fraction of sp³-hybridized carbons (Fsp3) is 0.421. The predicted octanol–water partition coefficient (Wildman–Crippen LogP) is 2.15. The Morgan fingerprint density at radius 1 is 1.04 bits per heavy atom. The Morgan fingerprint density at radius 3 is 2.58 bits per heavy atom. The van der Waals surface area contributed by atoms with E-state index in [4.69, 9.17) is 0 Å². The van der Waals surface area contributed by atoms with Gasteiger partial charge in [-0.1, -0.05) is 30.3 Å². The SMILES string of the molecule is O=C1N(c2ncccn2)C[C@]12CCCN(CCc1ccccc1)C2. The average Bonchev–Trinajstić information content (AvgIpc) is 2.66. The van der Waals surface area contributed by atoms with Crippen LogP contribution in [0.1, 0.15) is 18.4 Å². The molecule has 1 aromatic heterocycles. The molecule has 24 heavy (non-hydrogen) atoms. The molecule has 5 nitrogen and oxygen atoms in total. The van der Waals surface area contributed by atoms with Crippen molar-refractivity contribution in [3.63, 3.8) is 0 Å². The molecule has 2 saturated heterocycles. The Labute approximate surface area is 142 Å². The van der Waals surface area contributed by atoms with Crippen molar-refractivity contribution in [1.29, 1.82) is 0 Å². The number of carbonyl (C=O) groups excluding carboxylic acids is 1. The fourth-order valence-corrected chi connectivity index (χ4v) is 3.88. The van der Waals surface area contributed by atoms with Gasteiger partial charge in [-0.05, 0) is 37.4 Å². The van der Waals surface area contributed by atoms with Crippen LogP contribution < -0.4 is 4.90 Å². The normalized spacial score (nSPS) is 24.2. The van der Waals surface area contributed by atoms with Gasteiger partial charge in [0.05, 0.1) is 5.41 Å². The number of β-lactam (4-membered cyclic amide) rings is 1. The van der Waals surface area contributed by atoms with Gasteiger partial charge < -0.3 is 4.90 Å². The maximum Gasteiger partial charge on any atom is 0.238 e. The van der Waals surface area contributed by atoms with Crippen molar-refractivity contribution >= 4 is 11.9 Å². The maximum absolute atomic E-state index is 12.8. The molecule has 5 heteroatoms. The number of amides is 1. The Kier molecular flexibility index (Phi) is 4.02. The van der Waals surface area contributed by atoms with Crippen LogP contribution in [0.3, 0.4) is 0 Å². The first kappa shape index (κ1) is 15.3. The quantitative estimate of drug-likeness (QED) is 0.809. The summed E-state index contributed by atoms with van der Waals surface area (Å²) >= 11 is 0. The summed E-state index contributed by atoms with van der Waals surface area (Å²) in [6.45, 7) is 3.71. The Bertz CT molecular complexity index is 706. The van der Waals surface area contributed by atoms with Gasteiger partial charge in [-0.2, -0.15) is 0 Å². The molecule has 2 aliphatic heterocycles. The number of aromatic nitrogens is 2. The highest BCUT2D eigenvalue weighted by atomic mass is 16.2. The van der Waals surface area contributed by atoms with Gasteiger partial charge in [0.25, 0.3) is 0 Å². The summed E-state index contributed by atoms with van der Waals surface area (Å²) in [6, 6.07) is 12.3. The molecule has 0 saturated carbocycles. The van der Waals surface area contributed by atoms with Crippen molar-refractivity contribution in [2.75, 3.05) is 31.1 Å². The number of benzene rings is 1. The van der Waals surface area contributed by atoms with E-state index in [0.29, 0.717) is 5.95 Å². The van der Waals surface area contributed by atoms with Gasteiger partial charge in [0.15, 0.2) is 0 Å². The highest BCUT2D eigenvalue weighted by molar-refractivity contribution is 6.03. The van der Waals surface area contributed by atoms with E-state index in [9.17, 15) is 4.79 Å². The van der Waals surface area contributed by atoms with Crippen LogP contribution in [-0.4, -0.2) is 47.0 Å². The lowest BCUT2D eigenvalue weighted by molar-refractivity contribution is -0.139. The third kappa shape index (κ3) is 2.80. The average molecular weight is 322 g/mol. The van der Waals surface area contributed by atoms with E-state index < -0.39 is 0 Å². The van der Waals surface area contributed by atoms with E-state index in [-0.39, 0.29) is 11.3 Å². The second kappa shape index (κ2) is 6.32. The number of piperidine rings is 1. The summed E-state index contributed by atoms with van der Waals surface area (Å²) < 4.78 is 0. The zero-order chi connectivity index (χ0) is 16.4. The highest BCUT2D eigenvalue weighted by Crippen LogP contribution is 2.41. The molecule has 3 heterocycles. The zero-order valence-corrected chi connectivity index (χ0v) is 13.8. The van der Waals surface area contributed by atoms with Crippen molar-refractivity contribution in [3.05, 3.63) is 54.4 Å². The number of hydrogen-bond acceptors (Lipinski definition) is 4. The molecular weight excluding hydrogens is 300 g/mol. The molecule has 1 atom stereocenters. The van der Waals surface area contributed by atoms with Crippen LogP contribution in [0.4, 0.5) is 5.95 Å². The molecule has 4 rings (SSSR count). The maximum atomic E-state index is 12.8. The lowest BCUT2D eigenvalue weighted by atomic mass is 9.72. The minimum absolute atomic E-state index is 0.193.